The monoisotopic (exact) mass is 312 g/mol. The molecule has 0 aromatic heterocycles. The van der Waals surface area contributed by atoms with Gasteiger partial charge in [0.15, 0.2) is 0 Å². The van der Waals surface area contributed by atoms with E-state index in [9.17, 15) is 0 Å². The van der Waals surface area contributed by atoms with Crippen LogP contribution in [0.5, 0.6) is 0 Å². The third kappa shape index (κ3) is 4.96. The first kappa shape index (κ1) is 17.2. The number of hydrogen-bond donors (Lipinski definition) is 0. The number of unbranched alkanes of at least 4 members (excludes halogenated alkanes) is 2. The quantitative estimate of drug-likeness (QED) is 0.563. The van der Waals surface area contributed by atoms with Gasteiger partial charge in [-0.1, -0.05) is 102 Å². The first-order valence-electron chi connectivity index (χ1n) is 8.73. The molecule has 118 valence electrons. The van der Waals surface area contributed by atoms with Crippen molar-refractivity contribution in [1.82, 2.24) is 0 Å². The normalized spacial score (nSPS) is 20.3. The van der Waals surface area contributed by atoms with Gasteiger partial charge >= 0.3 is 0 Å². The Morgan fingerprint density at radius 2 is 1.45 bits per heavy atom. The lowest BCUT2D eigenvalue weighted by molar-refractivity contribution is 0.772. The molecule has 22 heavy (non-hydrogen) atoms. The van der Waals surface area contributed by atoms with Crippen LogP contribution in [0.3, 0.4) is 0 Å². The summed E-state index contributed by atoms with van der Waals surface area (Å²) >= 11 is 0. The molecule has 1 heteroatoms. The first-order valence-corrected chi connectivity index (χ1v) is 10.3. The Morgan fingerprint density at radius 1 is 0.864 bits per heavy atom. The average Bonchev–Trinajstić information content (AvgIpc) is 3.07. The maximum Gasteiger partial charge on any atom is 0.00820 e. The molecule has 0 radical (unpaired) electrons. The Morgan fingerprint density at radius 3 is 2.00 bits per heavy atom. The number of hydrogen-bond acceptors (Lipinski definition) is 0. The summed E-state index contributed by atoms with van der Waals surface area (Å²) in [5, 5.41) is 1.58. The van der Waals surface area contributed by atoms with Crippen LogP contribution in [-0.2, 0) is 0 Å². The summed E-state index contributed by atoms with van der Waals surface area (Å²) in [6.45, 7) is 4.42. The second kappa shape index (κ2) is 9.80. The molecule has 2 atom stereocenters. The second-order valence-corrected chi connectivity index (χ2v) is 8.48. The van der Waals surface area contributed by atoms with Crippen molar-refractivity contribution in [1.29, 1.82) is 0 Å². The second-order valence-electron chi connectivity index (χ2n) is 5.95. The highest BCUT2D eigenvalue weighted by Crippen LogP contribution is 2.58. The summed E-state index contributed by atoms with van der Waals surface area (Å²) in [5.74, 6) is 0. The standard InChI is InChI=1S/C16H17P.C5H12/c1-3-8-14(9-4-1)16-12-7-13-17(16)15-10-5-2-6-11-15;1-3-5-4-2/h1-6,8-11,16H,7,12-13H2;3-5H2,1-2H3. The molecule has 0 nitrogen and oxygen atoms in total. The molecular weight excluding hydrogens is 283 g/mol. The van der Waals surface area contributed by atoms with Crippen molar-refractivity contribution in [2.75, 3.05) is 6.16 Å². The molecule has 3 rings (SSSR count). The van der Waals surface area contributed by atoms with E-state index < -0.39 is 0 Å². The lowest BCUT2D eigenvalue weighted by atomic mass is 10.1. The molecule has 1 heterocycles. The zero-order valence-corrected chi connectivity index (χ0v) is 14.9. The van der Waals surface area contributed by atoms with Crippen LogP contribution < -0.4 is 5.30 Å². The molecule has 0 bridgehead atoms. The van der Waals surface area contributed by atoms with Gasteiger partial charge in [0.1, 0.15) is 0 Å². The van der Waals surface area contributed by atoms with Crippen LogP contribution in [0, 0.1) is 0 Å². The van der Waals surface area contributed by atoms with Crippen molar-refractivity contribution in [2.45, 2.75) is 51.6 Å². The highest BCUT2D eigenvalue weighted by atomic mass is 31.1. The van der Waals surface area contributed by atoms with Crippen molar-refractivity contribution in [3.63, 3.8) is 0 Å². The molecular formula is C21H29P. The summed E-state index contributed by atoms with van der Waals surface area (Å²) in [6.07, 6.45) is 8.23. The Kier molecular flexibility index (Phi) is 7.67. The molecule has 0 spiro atoms. The van der Waals surface area contributed by atoms with Crippen LogP contribution in [0.15, 0.2) is 60.7 Å². The van der Waals surface area contributed by atoms with Crippen LogP contribution in [-0.4, -0.2) is 6.16 Å². The van der Waals surface area contributed by atoms with Gasteiger partial charge in [-0.05, 0) is 29.9 Å². The van der Waals surface area contributed by atoms with Gasteiger partial charge in [-0.2, -0.15) is 0 Å². The van der Waals surface area contributed by atoms with Crippen molar-refractivity contribution < 1.29 is 0 Å². The van der Waals surface area contributed by atoms with Crippen molar-refractivity contribution in [2.24, 2.45) is 0 Å². The van der Waals surface area contributed by atoms with E-state index in [-0.39, 0.29) is 7.92 Å². The van der Waals surface area contributed by atoms with E-state index in [1.54, 1.807) is 10.9 Å². The molecule has 0 aliphatic carbocycles. The largest absolute Gasteiger partial charge is 0.0677 e. The van der Waals surface area contributed by atoms with Crippen molar-refractivity contribution >= 4 is 13.2 Å². The van der Waals surface area contributed by atoms with Gasteiger partial charge in [-0.15, -0.1) is 0 Å². The summed E-state index contributed by atoms with van der Waals surface area (Å²) in [6, 6.07) is 22.2. The number of rotatable bonds is 4. The summed E-state index contributed by atoms with van der Waals surface area (Å²) < 4.78 is 0. The maximum absolute atomic E-state index is 2.31. The van der Waals surface area contributed by atoms with Crippen LogP contribution in [0.4, 0.5) is 0 Å². The Balaban J connectivity index is 0.000000309. The molecule has 2 aromatic rings. The lowest BCUT2D eigenvalue weighted by Crippen LogP contribution is -2.04. The van der Waals surface area contributed by atoms with E-state index >= 15 is 0 Å². The fourth-order valence-corrected chi connectivity index (χ4v) is 6.10. The van der Waals surface area contributed by atoms with Crippen molar-refractivity contribution in [3.8, 4) is 0 Å². The molecule has 2 unspecified atom stereocenters. The third-order valence-corrected chi connectivity index (χ3v) is 7.30. The van der Waals surface area contributed by atoms with Gasteiger partial charge in [0, 0.05) is 5.66 Å². The molecule has 0 amide bonds. The van der Waals surface area contributed by atoms with E-state index in [1.165, 1.54) is 38.3 Å². The predicted molar refractivity (Wildman–Crippen MR) is 101 cm³/mol. The van der Waals surface area contributed by atoms with Crippen molar-refractivity contribution in [3.05, 3.63) is 66.2 Å². The van der Waals surface area contributed by atoms with E-state index in [1.807, 2.05) is 0 Å². The topological polar surface area (TPSA) is 0 Å². The third-order valence-electron chi connectivity index (χ3n) is 4.23. The minimum atomic E-state index is 0.0201. The zero-order chi connectivity index (χ0) is 15.6. The summed E-state index contributed by atoms with van der Waals surface area (Å²) in [4.78, 5) is 0. The highest BCUT2D eigenvalue weighted by Gasteiger charge is 2.28. The maximum atomic E-state index is 2.31. The minimum Gasteiger partial charge on any atom is -0.0677 e. The molecule has 0 N–H and O–H groups in total. The molecule has 0 saturated carbocycles. The Bertz CT molecular complexity index is 458. The fraction of sp³-hybridized carbons (Fsp3) is 0.429. The van der Waals surface area contributed by atoms with Gasteiger partial charge < -0.3 is 0 Å². The molecule has 1 aliphatic rings. The van der Waals surface area contributed by atoms with Crippen LogP contribution in [0.2, 0.25) is 0 Å². The number of benzene rings is 2. The first-order chi connectivity index (χ1) is 10.9. The van der Waals surface area contributed by atoms with Gasteiger partial charge in [0.05, 0.1) is 0 Å². The summed E-state index contributed by atoms with van der Waals surface area (Å²) in [7, 11) is 0.0201. The molecule has 1 aliphatic heterocycles. The van der Waals surface area contributed by atoms with E-state index in [2.05, 4.69) is 74.5 Å². The van der Waals surface area contributed by atoms with Gasteiger partial charge in [-0.3, -0.25) is 0 Å². The van der Waals surface area contributed by atoms with Gasteiger partial charge in [0.2, 0.25) is 0 Å². The zero-order valence-electron chi connectivity index (χ0n) is 14.0. The minimum absolute atomic E-state index is 0.0201. The Labute approximate surface area is 137 Å². The summed E-state index contributed by atoms with van der Waals surface area (Å²) in [5.41, 5.74) is 2.33. The molecule has 1 fully saturated rings. The highest BCUT2D eigenvalue weighted by molar-refractivity contribution is 7.66. The van der Waals surface area contributed by atoms with E-state index in [0.29, 0.717) is 0 Å². The smallest absolute Gasteiger partial charge is 0.00820 e. The van der Waals surface area contributed by atoms with E-state index in [0.717, 1.165) is 5.66 Å². The SMILES string of the molecule is CCCCC.c1ccc(C2CCCP2c2ccccc2)cc1. The fourth-order valence-electron chi connectivity index (χ4n) is 3.07. The van der Waals surface area contributed by atoms with Crippen LogP contribution in [0.25, 0.3) is 0 Å². The van der Waals surface area contributed by atoms with Crippen LogP contribution in [0.1, 0.15) is 57.2 Å². The lowest BCUT2D eigenvalue weighted by Gasteiger charge is -2.21. The molecule has 2 aromatic carbocycles. The average molecular weight is 312 g/mol. The predicted octanol–water partition coefficient (Wildman–Crippen LogP) is 6.53. The van der Waals surface area contributed by atoms with Gasteiger partial charge in [-0.25, -0.2) is 0 Å². The van der Waals surface area contributed by atoms with Gasteiger partial charge in [0.25, 0.3) is 0 Å². The van der Waals surface area contributed by atoms with E-state index in [4.69, 9.17) is 0 Å². The Hall–Kier alpha value is -1.13. The molecule has 1 saturated heterocycles. The van der Waals surface area contributed by atoms with Crippen LogP contribution >= 0.6 is 7.92 Å².